The van der Waals surface area contributed by atoms with Crippen LogP contribution >= 0.6 is 38.9 Å². The SMILES string of the molecule is CCNC(CCOCC(F)F)c1cc(Cl)c(Br)s1. The third-order valence-electron chi connectivity index (χ3n) is 2.25. The Morgan fingerprint density at radius 2 is 2.28 bits per heavy atom. The third-order valence-corrected chi connectivity index (χ3v) is 4.84. The van der Waals surface area contributed by atoms with Crippen LogP contribution in [0.1, 0.15) is 24.3 Å². The van der Waals surface area contributed by atoms with Crippen LogP contribution in [-0.4, -0.2) is 26.2 Å². The molecule has 0 bridgehead atoms. The van der Waals surface area contributed by atoms with E-state index in [1.54, 1.807) is 11.3 Å². The highest BCUT2D eigenvalue weighted by molar-refractivity contribution is 9.11. The molecule has 1 heterocycles. The molecule has 0 saturated carbocycles. The molecule has 0 aliphatic rings. The number of hydrogen-bond acceptors (Lipinski definition) is 3. The number of nitrogens with one attached hydrogen (secondary N) is 1. The highest BCUT2D eigenvalue weighted by Gasteiger charge is 2.15. The zero-order valence-electron chi connectivity index (χ0n) is 9.89. The minimum Gasteiger partial charge on any atom is -0.375 e. The maximum absolute atomic E-state index is 11.9. The second kappa shape index (κ2) is 8.43. The lowest BCUT2D eigenvalue weighted by Crippen LogP contribution is -2.22. The van der Waals surface area contributed by atoms with Crippen molar-refractivity contribution in [3.05, 3.63) is 19.8 Å². The van der Waals surface area contributed by atoms with Crippen molar-refractivity contribution in [3.63, 3.8) is 0 Å². The topological polar surface area (TPSA) is 21.3 Å². The summed E-state index contributed by atoms with van der Waals surface area (Å²) in [5.74, 6) is 0. The monoisotopic (exact) mass is 361 g/mol. The summed E-state index contributed by atoms with van der Waals surface area (Å²) < 4.78 is 29.6. The van der Waals surface area contributed by atoms with Crippen molar-refractivity contribution in [2.24, 2.45) is 0 Å². The standard InChI is InChI=1S/C11H15BrClF2NOS/c1-2-16-8(3-4-17-6-10(14)15)9-5-7(13)11(12)18-9/h5,8,10,16H,2-4,6H2,1H3. The van der Waals surface area contributed by atoms with Gasteiger partial charge in [0.1, 0.15) is 6.61 Å². The summed E-state index contributed by atoms with van der Waals surface area (Å²) in [5, 5.41) is 3.96. The van der Waals surface area contributed by atoms with Gasteiger partial charge < -0.3 is 10.1 Å². The molecule has 0 radical (unpaired) electrons. The van der Waals surface area contributed by atoms with Gasteiger partial charge in [-0.1, -0.05) is 18.5 Å². The summed E-state index contributed by atoms with van der Waals surface area (Å²) in [5.41, 5.74) is 0. The quantitative estimate of drug-likeness (QED) is 0.688. The predicted octanol–water partition coefficient (Wildman–Crippen LogP) is 4.49. The Balaban J connectivity index is 2.49. The number of ether oxygens (including phenoxy) is 1. The van der Waals surface area contributed by atoms with Crippen LogP contribution in [0.25, 0.3) is 0 Å². The second-order valence-corrected chi connectivity index (χ2v) is 6.44. The van der Waals surface area contributed by atoms with Gasteiger partial charge in [0.15, 0.2) is 0 Å². The fourth-order valence-electron chi connectivity index (χ4n) is 1.50. The number of hydrogen-bond donors (Lipinski definition) is 1. The van der Waals surface area contributed by atoms with Gasteiger partial charge in [0, 0.05) is 17.5 Å². The fourth-order valence-corrected chi connectivity index (χ4v) is 3.36. The summed E-state index contributed by atoms with van der Waals surface area (Å²) in [4.78, 5) is 1.08. The van der Waals surface area contributed by atoms with Gasteiger partial charge >= 0.3 is 0 Å². The average Bonchev–Trinajstić information content (AvgIpc) is 2.63. The van der Waals surface area contributed by atoms with E-state index >= 15 is 0 Å². The molecule has 1 unspecified atom stereocenters. The molecule has 2 nitrogen and oxygen atoms in total. The maximum Gasteiger partial charge on any atom is 0.261 e. The van der Waals surface area contributed by atoms with Gasteiger partial charge in [-0.25, -0.2) is 8.78 Å². The minimum absolute atomic E-state index is 0.0847. The largest absolute Gasteiger partial charge is 0.375 e. The fraction of sp³-hybridized carbons (Fsp3) is 0.636. The smallest absolute Gasteiger partial charge is 0.261 e. The van der Waals surface area contributed by atoms with Crippen LogP contribution in [0.5, 0.6) is 0 Å². The lowest BCUT2D eigenvalue weighted by atomic mass is 10.2. The van der Waals surface area contributed by atoms with Crippen LogP contribution in [0.4, 0.5) is 8.78 Å². The van der Waals surface area contributed by atoms with E-state index in [9.17, 15) is 8.78 Å². The minimum atomic E-state index is -2.41. The Hall–Kier alpha value is 0.250. The molecule has 0 saturated heterocycles. The molecule has 1 aromatic heterocycles. The van der Waals surface area contributed by atoms with E-state index in [4.69, 9.17) is 16.3 Å². The van der Waals surface area contributed by atoms with E-state index in [1.165, 1.54) is 0 Å². The van der Waals surface area contributed by atoms with Crippen LogP contribution in [-0.2, 0) is 4.74 Å². The summed E-state index contributed by atoms with van der Waals surface area (Å²) in [6.07, 6.45) is -1.77. The molecule has 104 valence electrons. The van der Waals surface area contributed by atoms with Crippen LogP contribution < -0.4 is 5.32 Å². The maximum atomic E-state index is 11.9. The van der Waals surface area contributed by atoms with Crippen LogP contribution in [0, 0.1) is 0 Å². The van der Waals surface area contributed by atoms with Crippen LogP contribution in [0.15, 0.2) is 9.85 Å². The molecule has 0 amide bonds. The van der Waals surface area contributed by atoms with E-state index < -0.39 is 13.0 Å². The molecule has 7 heteroatoms. The van der Waals surface area contributed by atoms with E-state index in [0.29, 0.717) is 18.1 Å². The number of thiophene rings is 1. The Kier molecular flexibility index (Phi) is 7.63. The Bertz CT molecular complexity index is 345. The van der Waals surface area contributed by atoms with Crippen molar-refractivity contribution in [1.82, 2.24) is 5.32 Å². The first kappa shape index (κ1) is 16.3. The molecule has 0 aliphatic carbocycles. The van der Waals surface area contributed by atoms with Gasteiger partial charge in [-0.05, 0) is 35.0 Å². The lowest BCUT2D eigenvalue weighted by molar-refractivity contribution is 0.0145. The molecular formula is C11H15BrClF2NOS. The van der Waals surface area contributed by atoms with Crippen molar-refractivity contribution in [1.29, 1.82) is 0 Å². The van der Waals surface area contributed by atoms with Gasteiger partial charge in [0.25, 0.3) is 6.43 Å². The highest BCUT2D eigenvalue weighted by atomic mass is 79.9. The first-order chi connectivity index (χ1) is 8.54. The van der Waals surface area contributed by atoms with E-state index in [-0.39, 0.29) is 6.04 Å². The first-order valence-corrected chi connectivity index (χ1v) is 7.57. The molecule has 1 N–H and O–H groups in total. The zero-order valence-corrected chi connectivity index (χ0v) is 13.0. The Labute approximate surface area is 123 Å². The lowest BCUT2D eigenvalue weighted by Gasteiger charge is -2.16. The number of halogens is 4. The zero-order chi connectivity index (χ0) is 13.5. The number of rotatable bonds is 8. The van der Waals surface area contributed by atoms with Crippen molar-refractivity contribution >= 4 is 38.9 Å². The first-order valence-electron chi connectivity index (χ1n) is 5.58. The van der Waals surface area contributed by atoms with Gasteiger partial charge in [0.2, 0.25) is 0 Å². The molecule has 1 aromatic rings. The normalized spacial score (nSPS) is 13.2. The van der Waals surface area contributed by atoms with E-state index in [2.05, 4.69) is 21.2 Å². The van der Waals surface area contributed by atoms with Gasteiger partial charge in [-0.2, -0.15) is 0 Å². The van der Waals surface area contributed by atoms with Crippen LogP contribution in [0.3, 0.4) is 0 Å². The predicted molar refractivity (Wildman–Crippen MR) is 74.9 cm³/mol. The van der Waals surface area contributed by atoms with Gasteiger partial charge in [-0.15, -0.1) is 11.3 Å². The molecule has 0 aromatic carbocycles. The van der Waals surface area contributed by atoms with E-state index in [1.807, 2.05) is 13.0 Å². The van der Waals surface area contributed by atoms with Crippen molar-refractivity contribution in [2.45, 2.75) is 25.8 Å². The molecule has 0 aliphatic heterocycles. The Morgan fingerprint density at radius 1 is 1.56 bits per heavy atom. The summed E-state index contributed by atoms with van der Waals surface area (Å²) >= 11 is 10.9. The molecular weight excluding hydrogens is 348 g/mol. The van der Waals surface area contributed by atoms with Gasteiger partial charge in [0.05, 0.1) is 8.81 Å². The van der Waals surface area contributed by atoms with Crippen LogP contribution in [0.2, 0.25) is 5.02 Å². The average molecular weight is 363 g/mol. The number of alkyl halides is 2. The van der Waals surface area contributed by atoms with Crippen molar-refractivity contribution in [3.8, 4) is 0 Å². The van der Waals surface area contributed by atoms with Crippen molar-refractivity contribution < 1.29 is 13.5 Å². The van der Waals surface area contributed by atoms with Gasteiger partial charge in [-0.3, -0.25) is 0 Å². The third kappa shape index (κ3) is 5.48. The molecule has 0 spiro atoms. The van der Waals surface area contributed by atoms with E-state index in [0.717, 1.165) is 15.2 Å². The summed E-state index contributed by atoms with van der Waals surface area (Å²) in [6, 6.07) is 1.97. The van der Waals surface area contributed by atoms with Crippen molar-refractivity contribution in [2.75, 3.05) is 19.8 Å². The molecule has 1 atom stereocenters. The summed E-state index contributed by atoms with van der Waals surface area (Å²) in [6.45, 7) is 2.59. The molecule has 0 fully saturated rings. The highest BCUT2D eigenvalue weighted by Crippen LogP contribution is 2.36. The molecule has 18 heavy (non-hydrogen) atoms. The summed E-state index contributed by atoms with van der Waals surface area (Å²) in [7, 11) is 0. The Morgan fingerprint density at radius 3 is 2.78 bits per heavy atom. The molecule has 1 rings (SSSR count). The second-order valence-electron chi connectivity index (χ2n) is 3.64.